The molecule has 0 aliphatic carbocycles. The Hall–Kier alpha value is -3.48. The second-order valence-electron chi connectivity index (χ2n) is 6.12. The lowest BCUT2D eigenvalue weighted by molar-refractivity contribution is -0.137. The minimum Gasteiger partial charge on any atom is -0.481 e. The van der Waals surface area contributed by atoms with Crippen LogP contribution in [-0.4, -0.2) is 22.1 Å². The van der Waals surface area contributed by atoms with Crippen molar-refractivity contribution in [1.82, 2.24) is 15.0 Å². The molecule has 2 heterocycles. The van der Waals surface area contributed by atoms with Crippen LogP contribution < -0.4 is 4.74 Å². The molecule has 0 unspecified atom stereocenters. The van der Waals surface area contributed by atoms with Gasteiger partial charge in [-0.25, -0.2) is 15.0 Å². The molecule has 0 fully saturated rings. The van der Waals surface area contributed by atoms with Crippen molar-refractivity contribution in [3.8, 4) is 28.3 Å². The monoisotopic (exact) mass is 381 g/mol. The van der Waals surface area contributed by atoms with Crippen LogP contribution in [0.15, 0.2) is 67.1 Å². The molecule has 4 aromatic rings. The van der Waals surface area contributed by atoms with E-state index in [2.05, 4.69) is 15.0 Å². The lowest BCUT2D eigenvalue weighted by Crippen LogP contribution is -2.04. The van der Waals surface area contributed by atoms with Gasteiger partial charge in [0.1, 0.15) is 6.33 Å². The van der Waals surface area contributed by atoms with Gasteiger partial charge in [0, 0.05) is 28.8 Å². The summed E-state index contributed by atoms with van der Waals surface area (Å²) < 4.78 is 44.4. The van der Waals surface area contributed by atoms with Crippen LogP contribution in [0.25, 0.3) is 33.3 Å². The molecule has 0 radical (unpaired) electrons. The van der Waals surface area contributed by atoms with Gasteiger partial charge in [0.25, 0.3) is 0 Å². The number of methoxy groups -OCH3 is 1. The topological polar surface area (TPSA) is 47.9 Å². The fraction of sp³-hybridized carbons (Fsp3) is 0.0952. The van der Waals surface area contributed by atoms with Gasteiger partial charge in [-0.1, -0.05) is 18.2 Å². The maximum absolute atomic E-state index is 13.1. The van der Waals surface area contributed by atoms with Crippen LogP contribution in [0.3, 0.4) is 0 Å². The molecule has 0 saturated carbocycles. The third kappa shape index (κ3) is 3.38. The van der Waals surface area contributed by atoms with Crippen LogP contribution >= 0.6 is 0 Å². The maximum atomic E-state index is 13.1. The van der Waals surface area contributed by atoms with Gasteiger partial charge in [-0.3, -0.25) is 0 Å². The van der Waals surface area contributed by atoms with Gasteiger partial charge in [-0.05, 0) is 35.9 Å². The fourth-order valence-electron chi connectivity index (χ4n) is 2.98. The van der Waals surface area contributed by atoms with Gasteiger partial charge in [0.15, 0.2) is 0 Å². The largest absolute Gasteiger partial charge is 0.481 e. The first-order valence-electron chi connectivity index (χ1n) is 8.38. The van der Waals surface area contributed by atoms with Crippen LogP contribution in [0.1, 0.15) is 5.56 Å². The number of fused-ring (bicyclic) bond motifs is 1. The fourth-order valence-corrected chi connectivity index (χ4v) is 2.98. The Morgan fingerprint density at radius 2 is 1.64 bits per heavy atom. The SMILES string of the molecule is COc1ccc(-c2ccc3ncnc(-c4cccc(C(F)(F)F)c4)c3c2)cn1. The zero-order valence-electron chi connectivity index (χ0n) is 14.7. The molecule has 140 valence electrons. The molecular weight excluding hydrogens is 367 g/mol. The Morgan fingerprint density at radius 3 is 2.36 bits per heavy atom. The van der Waals surface area contributed by atoms with Crippen molar-refractivity contribution >= 4 is 10.9 Å². The third-order valence-electron chi connectivity index (χ3n) is 4.38. The second-order valence-corrected chi connectivity index (χ2v) is 6.12. The van der Waals surface area contributed by atoms with E-state index in [9.17, 15) is 13.2 Å². The summed E-state index contributed by atoms with van der Waals surface area (Å²) in [5.74, 6) is 0.498. The van der Waals surface area contributed by atoms with E-state index in [-0.39, 0.29) is 0 Å². The highest BCUT2D eigenvalue weighted by molar-refractivity contribution is 5.95. The van der Waals surface area contributed by atoms with Crippen molar-refractivity contribution in [3.05, 3.63) is 72.7 Å². The molecule has 0 N–H and O–H groups in total. The molecular formula is C21H14F3N3O. The summed E-state index contributed by atoms with van der Waals surface area (Å²) in [6, 6.07) is 14.3. The average Bonchev–Trinajstić information content (AvgIpc) is 2.72. The lowest BCUT2D eigenvalue weighted by atomic mass is 10.00. The van der Waals surface area contributed by atoms with Crippen molar-refractivity contribution in [1.29, 1.82) is 0 Å². The predicted octanol–water partition coefficient (Wildman–Crippen LogP) is 5.39. The minimum atomic E-state index is -4.42. The van der Waals surface area contributed by atoms with Gasteiger partial charge in [0.05, 0.1) is 23.9 Å². The zero-order valence-corrected chi connectivity index (χ0v) is 14.7. The summed E-state index contributed by atoms with van der Waals surface area (Å²) >= 11 is 0. The summed E-state index contributed by atoms with van der Waals surface area (Å²) in [4.78, 5) is 12.7. The molecule has 0 amide bonds. The number of benzene rings is 2. The highest BCUT2D eigenvalue weighted by atomic mass is 19.4. The molecule has 0 saturated heterocycles. The smallest absolute Gasteiger partial charge is 0.416 e. The van der Waals surface area contributed by atoms with Crippen LogP contribution in [0, 0.1) is 0 Å². The number of alkyl halides is 3. The minimum absolute atomic E-state index is 0.382. The van der Waals surface area contributed by atoms with E-state index in [4.69, 9.17) is 4.74 Å². The Labute approximate surface area is 158 Å². The Kier molecular flexibility index (Phi) is 4.43. The van der Waals surface area contributed by atoms with E-state index >= 15 is 0 Å². The molecule has 0 aliphatic heterocycles. The molecule has 0 atom stereocenters. The summed E-state index contributed by atoms with van der Waals surface area (Å²) in [6.07, 6.45) is -1.39. The van der Waals surface area contributed by atoms with Crippen molar-refractivity contribution in [3.63, 3.8) is 0 Å². The highest BCUT2D eigenvalue weighted by Gasteiger charge is 2.30. The molecule has 2 aromatic heterocycles. The van der Waals surface area contributed by atoms with E-state index in [0.29, 0.717) is 28.0 Å². The number of hydrogen-bond donors (Lipinski definition) is 0. The van der Waals surface area contributed by atoms with Crippen LogP contribution in [-0.2, 0) is 6.18 Å². The summed E-state index contributed by atoms with van der Waals surface area (Å²) in [5.41, 5.74) is 2.46. The number of halogens is 3. The highest BCUT2D eigenvalue weighted by Crippen LogP contribution is 2.34. The molecule has 7 heteroatoms. The zero-order chi connectivity index (χ0) is 19.7. The number of ether oxygens (including phenoxy) is 1. The number of rotatable bonds is 3. The van der Waals surface area contributed by atoms with Crippen molar-refractivity contribution in [2.75, 3.05) is 7.11 Å². The predicted molar refractivity (Wildman–Crippen MR) is 99.8 cm³/mol. The summed E-state index contributed by atoms with van der Waals surface area (Å²) in [7, 11) is 1.54. The van der Waals surface area contributed by atoms with Gasteiger partial charge < -0.3 is 4.74 Å². The van der Waals surface area contributed by atoms with E-state index in [0.717, 1.165) is 23.3 Å². The van der Waals surface area contributed by atoms with Crippen LogP contribution in [0.5, 0.6) is 5.88 Å². The van der Waals surface area contributed by atoms with E-state index < -0.39 is 11.7 Å². The Morgan fingerprint density at radius 1 is 0.821 bits per heavy atom. The lowest BCUT2D eigenvalue weighted by Gasteiger charge is -2.11. The van der Waals surface area contributed by atoms with Crippen molar-refractivity contribution in [2.24, 2.45) is 0 Å². The van der Waals surface area contributed by atoms with Gasteiger partial charge in [-0.2, -0.15) is 13.2 Å². The quantitative estimate of drug-likeness (QED) is 0.478. The standard InChI is InChI=1S/C21H14F3N3O/c1-28-19-8-6-15(11-25-19)13-5-7-18-17(10-13)20(27-12-26-18)14-3-2-4-16(9-14)21(22,23)24/h2-12H,1H3. The molecule has 4 nitrogen and oxygen atoms in total. The first-order valence-corrected chi connectivity index (χ1v) is 8.38. The first-order chi connectivity index (χ1) is 13.5. The molecule has 4 rings (SSSR count). The number of hydrogen-bond acceptors (Lipinski definition) is 4. The van der Waals surface area contributed by atoms with Gasteiger partial charge >= 0.3 is 6.18 Å². The van der Waals surface area contributed by atoms with E-state index in [1.54, 1.807) is 18.3 Å². The Bertz CT molecular complexity index is 1140. The van der Waals surface area contributed by atoms with Crippen molar-refractivity contribution in [2.45, 2.75) is 6.18 Å². The van der Waals surface area contributed by atoms with Gasteiger partial charge in [0.2, 0.25) is 5.88 Å². The van der Waals surface area contributed by atoms with Gasteiger partial charge in [-0.15, -0.1) is 0 Å². The van der Waals surface area contributed by atoms with E-state index in [1.807, 2.05) is 24.3 Å². The third-order valence-corrected chi connectivity index (χ3v) is 4.38. The van der Waals surface area contributed by atoms with E-state index in [1.165, 1.54) is 19.5 Å². The molecule has 0 bridgehead atoms. The Balaban J connectivity index is 1.85. The maximum Gasteiger partial charge on any atom is 0.416 e. The van der Waals surface area contributed by atoms with Crippen LogP contribution in [0.4, 0.5) is 13.2 Å². The average molecular weight is 381 g/mol. The molecule has 2 aromatic carbocycles. The van der Waals surface area contributed by atoms with Crippen LogP contribution in [0.2, 0.25) is 0 Å². The summed E-state index contributed by atoms with van der Waals surface area (Å²) in [6.45, 7) is 0. The normalized spacial score (nSPS) is 11.6. The first kappa shape index (κ1) is 17.9. The molecule has 0 spiro atoms. The number of pyridine rings is 1. The number of nitrogens with zero attached hydrogens (tertiary/aromatic N) is 3. The molecule has 0 aliphatic rings. The summed E-state index contributed by atoms with van der Waals surface area (Å²) in [5, 5.41) is 0.662. The molecule has 28 heavy (non-hydrogen) atoms. The van der Waals surface area contributed by atoms with Crippen molar-refractivity contribution < 1.29 is 17.9 Å². The second kappa shape index (κ2) is 6.92. The number of aromatic nitrogens is 3.